The lowest BCUT2D eigenvalue weighted by Gasteiger charge is -2.17. The van der Waals surface area contributed by atoms with Gasteiger partial charge in [0.1, 0.15) is 0 Å². The lowest BCUT2D eigenvalue weighted by molar-refractivity contribution is 0.287. The van der Waals surface area contributed by atoms with Gasteiger partial charge in [-0.3, -0.25) is 0 Å². The van der Waals surface area contributed by atoms with Crippen LogP contribution in [-0.2, 0) is 6.42 Å². The van der Waals surface area contributed by atoms with Crippen molar-refractivity contribution < 1.29 is 9.47 Å². The molecule has 0 bridgehead atoms. The van der Waals surface area contributed by atoms with Gasteiger partial charge >= 0.3 is 0 Å². The fourth-order valence-electron chi connectivity index (χ4n) is 2.36. The van der Waals surface area contributed by atoms with Crippen molar-refractivity contribution in [3.8, 4) is 11.5 Å². The van der Waals surface area contributed by atoms with Crippen LogP contribution in [0.1, 0.15) is 39.7 Å². The molecule has 1 rings (SSSR count). The van der Waals surface area contributed by atoms with E-state index >= 15 is 0 Å². The van der Waals surface area contributed by atoms with Crippen LogP contribution >= 0.6 is 11.6 Å². The normalized spacial score (nSPS) is 13.9. The Morgan fingerprint density at radius 1 is 1.10 bits per heavy atom. The van der Waals surface area contributed by atoms with Gasteiger partial charge < -0.3 is 15.2 Å². The Labute approximate surface area is 127 Å². The molecule has 0 heterocycles. The third kappa shape index (κ3) is 5.22. The lowest BCUT2D eigenvalue weighted by Crippen LogP contribution is -2.19. The Morgan fingerprint density at radius 3 is 2.15 bits per heavy atom. The Hall–Kier alpha value is -0.930. The highest BCUT2D eigenvalue weighted by Gasteiger charge is 2.14. The fraction of sp³-hybridized carbons (Fsp3) is 0.625. The Bertz CT molecular complexity index is 421. The quantitative estimate of drug-likeness (QED) is 0.787. The van der Waals surface area contributed by atoms with E-state index in [1.807, 2.05) is 32.9 Å². The molecule has 0 amide bonds. The van der Waals surface area contributed by atoms with Gasteiger partial charge in [-0.05, 0) is 51.2 Å². The predicted molar refractivity (Wildman–Crippen MR) is 84.9 cm³/mol. The van der Waals surface area contributed by atoms with Gasteiger partial charge in [-0.15, -0.1) is 0 Å². The number of rotatable bonds is 8. The lowest BCUT2D eigenvalue weighted by atomic mass is 9.95. The summed E-state index contributed by atoms with van der Waals surface area (Å²) in [7, 11) is 0. The van der Waals surface area contributed by atoms with Crippen molar-refractivity contribution in [2.75, 3.05) is 13.2 Å². The molecule has 2 unspecified atom stereocenters. The summed E-state index contributed by atoms with van der Waals surface area (Å²) in [5.74, 6) is 1.96. The van der Waals surface area contributed by atoms with E-state index < -0.39 is 0 Å². The van der Waals surface area contributed by atoms with Crippen LogP contribution in [0.15, 0.2) is 12.1 Å². The Kier molecular flexibility index (Phi) is 7.17. The van der Waals surface area contributed by atoms with Crippen LogP contribution in [-0.4, -0.2) is 19.3 Å². The third-order valence-corrected chi connectivity index (χ3v) is 3.41. The molecule has 20 heavy (non-hydrogen) atoms. The highest BCUT2D eigenvalue weighted by Crippen LogP contribution is 2.35. The molecule has 0 fully saturated rings. The molecule has 0 saturated carbocycles. The van der Waals surface area contributed by atoms with Gasteiger partial charge in [-0.1, -0.05) is 18.5 Å². The summed E-state index contributed by atoms with van der Waals surface area (Å²) >= 11 is 6.35. The summed E-state index contributed by atoms with van der Waals surface area (Å²) in [6, 6.07) is 4.05. The monoisotopic (exact) mass is 299 g/mol. The van der Waals surface area contributed by atoms with E-state index in [-0.39, 0.29) is 6.04 Å². The van der Waals surface area contributed by atoms with Crippen molar-refractivity contribution in [3.05, 3.63) is 22.7 Å². The van der Waals surface area contributed by atoms with Crippen molar-refractivity contribution in [1.29, 1.82) is 0 Å². The van der Waals surface area contributed by atoms with Crippen LogP contribution < -0.4 is 15.2 Å². The van der Waals surface area contributed by atoms with Gasteiger partial charge in [0.25, 0.3) is 0 Å². The maximum atomic E-state index is 6.35. The van der Waals surface area contributed by atoms with Crippen molar-refractivity contribution in [3.63, 3.8) is 0 Å². The summed E-state index contributed by atoms with van der Waals surface area (Å²) in [5.41, 5.74) is 6.94. The molecule has 0 aliphatic heterocycles. The smallest absolute Gasteiger partial charge is 0.162 e. The average molecular weight is 300 g/mol. The molecular weight excluding hydrogens is 274 g/mol. The molecule has 0 aliphatic rings. The maximum Gasteiger partial charge on any atom is 0.162 e. The summed E-state index contributed by atoms with van der Waals surface area (Å²) in [6.45, 7) is 9.33. The first-order valence-electron chi connectivity index (χ1n) is 7.31. The molecule has 0 spiro atoms. The maximum absolute atomic E-state index is 6.35. The standard InChI is InChI=1S/C16H26ClNO2/c1-5-19-15-9-13(8-11(3)7-12(4)18)14(17)10-16(15)20-6-2/h9-12H,5-8,18H2,1-4H3. The zero-order chi connectivity index (χ0) is 15.1. The topological polar surface area (TPSA) is 44.5 Å². The van der Waals surface area contributed by atoms with Crippen LogP contribution in [0.2, 0.25) is 5.02 Å². The number of hydrogen-bond donors (Lipinski definition) is 1. The number of nitrogens with two attached hydrogens (primary N) is 1. The minimum atomic E-state index is 0.206. The van der Waals surface area contributed by atoms with Crippen molar-refractivity contribution >= 4 is 11.6 Å². The second-order valence-corrected chi connectivity index (χ2v) is 5.69. The van der Waals surface area contributed by atoms with E-state index in [4.69, 9.17) is 26.8 Å². The molecule has 0 aliphatic carbocycles. The summed E-state index contributed by atoms with van der Waals surface area (Å²) in [5, 5.41) is 0.730. The minimum Gasteiger partial charge on any atom is -0.490 e. The minimum absolute atomic E-state index is 0.206. The van der Waals surface area contributed by atoms with Gasteiger partial charge in [0.15, 0.2) is 11.5 Å². The van der Waals surface area contributed by atoms with Crippen LogP contribution in [0.25, 0.3) is 0 Å². The van der Waals surface area contributed by atoms with E-state index in [0.717, 1.165) is 29.2 Å². The van der Waals surface area contributed by atoms with Gasteiger partial charge in [0.05, 0.1) is 13.2 Å². The first-order chi connectivity index (χ1) is 9.47. The zero-order valence-corrected chi connectivity index (χ0v) is 13.7. The second kappa shape index (κ2) is 8.38. The molecule has 2 atom stereocenters. The van der Waals surface area contributed by atoms with Crippen molar-refractivity contribution in [1.82, 2.24) is 0 Å². The molecule has 1 aromatic rings. The molecule has 0 radical (unpaired) electrons. The number of hydrogen-bond acceptors (Lipinski definition) is 3. The van der Waals surface area contributed by atoms with E-state index in [2.05, 4.69) is 6.92 Å². The molecule has 2 N–H and O–H groups in total. The Balaban J connectivity index is 2.93. The molecule has 0 saturated heterocycles. The van der Waals surface area contributed by atoms with Gasteiger partial charge in [-0.2, -0.15) is 0 Å². The summed E-state index contributed by atoms with van der Waals surface area (Å²) in [4.78, 5) is 0. The zero-order valence-electron chi connectivity index (χ0n) is 12.9. The Morgan fingerprint density at radius 2 is 1.65 bits per heavy atom. The van der Waals surface area contributed by atoms with Gasteiger partial charge in [0.2, 0.25) is 0 Å². The largest absolute Gasteiger partial charge is 0.490 e. The van der Waals surface area contributed by atoms with Gasteiger partial charge in [-0.25, -0.2) is 0 Å². The van der Waals surface area contributed by atoms with Crippen LogP contribution in [0, 0.1) is 5.92 Å². The van der Waals surface area contributed by atoms with Crippen LogP contribution in [0.5, 0.6) is 11.5 Å². The van der Waals surface area contributed by atoms with Gasteiger partial charge in [0, 0.05) is 17.1 Å². The average Bonchev–Trinajstić information content (AvgIpc) is 2.34. The van der Waals surface area contributed by atoms with E-state index in [1.165, 1.54) is 0 Å². The van der Waals surface area contributed by atoms with Crippen molar-refractivity contribution in [2.24, 2.45) is 11.7 Å². The third-order valence-electron chi connectivity index (χ3n) is 3.05. The number of ether oxygens (including phenoxy) is 2. The number of benzene rings is 1. The molecule has 3 nitrogen and oxygen atoms in total. The number of halogens is 1. The summed E-state index contributed by atoms with van der Waals surface area (Å²) in [6.07, 6.45) is 1.88. The summed E-state index contributed by atoms with van der Waals surface area (Å²) < 4.78 is 11.2. The fourth-order valence-corrected chi connectivity index (χ4v) is 2.59. The molecule has 114 valence electrons. The highest BCUT2D eigenvalue weighted by atomic mass is 35.5. The second-order valence-electron chi connectivity index (χ2n) is 5.28. The first kappa shape index (κ1) is 17.1. The first-order valence-corrected chi connectivity index (χ1v) is 7.69. The highest BCUT2D eigenvalue weighted by molar-refractivity contribution is 6.31. The van der Waals surface area contributed by atoms with Crippen LogP contribution in [0.4, 0.5) is 0 Å². The van der Waals surface area contributed by atoms with Crippen LogP contribution in [0.3, 0.4) is 0 Å². The van der Waals surface area contributed by atoms with E-state index in [0.29, 0.717) is 24.9 Å². The van der Waals surface area contributed by atoms with Crippen molar-refractivity contribution in [2.45, 2.75) is 46.6 Å². The SMILES string of the molecule is CCOc1cc(Cl)c(CC(C)CC(C)N)cc1OCC. The molecular formula is C16H26ClNO2. The molecule has 4 heteroatoms. The van der Waals surface area contributed by atoms with E-state index in [1.54, 1.807) is 0 Å². The molecule has 0 aromatic heterocycles. The van der Waals surface area contributed by atoms with E-state index in [9.17, 15) is 0 Å². The predicted octanol–water partition coefficient (Wildman–Crippen LogP) is 4.05. The molecule has 1 aromatic carbocycles.